The summed E-state index contributed by atoms with van der Waals surface area (Å²) in [6.45, 7) is -0.704. The number of fused-ring (bicyclic) bond motifs is 1. The number of alkyl carbamates (subject to hydrolysis) is 1. The molecule has 3 aromatic rings. The molecular weight excluding hydrogens is 426 g/mol. The number of carbonyl (C=O) groups excluding carboxylic acids is 3. The van der Waals surface area contributed by atoms with E-state index in [0.29, 0.717) is 0 Å². The molecule has 0 saturated carbocycles. The second kappa shape index (κ2) is 11.4. The van der Waals surface area contributed by atoms with Gasteiger partial charge in [-0.25, -0.2) is 4.79 Å². The number of carboxylic acid groups (broad SMARTS) is 1. The van der Waals surface area contributed by atoms with Crippen molar-refractivity contribution in [2.24, 2.45) is 0 Å². The molecule has 1 atom stereocenters. The van der Waals surface area contributed by atoms with Gasteiger partial charge in [0.1, 0.15) is 12.6 Å². The first kappa shape index (κ1) is 23.5. The molecule has 0 fully saturated rings. The van der Waals surface area contributed by atoms with E-state index in [0.717, 1.165) is 21.9 Å². The summed E-state index contributed by atoms with van der Waals surface area (Å²) in [6, 6.07) is 20.7. The number of amides is 1. The third-order valence-electron chi connectivity index (χ3n) is 4.81. The Balaban J connectivity index is 1.51. The van der Waals surface area contributed by atoms with Gasteiger partial charge in [-0.3, -0.25) is 14.4 Å². The molecule has 0 saturated heterocycles. The van der Waals surface area contributed by atoms with Crippen molar-refractivity contribution in [3.63, 3.8) is 0 Å². The normalized spacial score (nSPS) is 11.4. The smallest absolute Gasteiger partial charge is 0.408 e. The van der Waals surface area contributed by atoms with Crippen molar-refractivity contribution in [1.29, 1.82) is 0 Å². The molecule has 0 spiro atoms. The van der Waals surface area contributed by atoms with Crippen LogP contribution in [0.4, 0.5) is 4.79 Å². The Morgan fingerprint density at radius 3 is 2.24 bits per heavy atom. The third kappa shape index (κ3) is 7.46. The number of rotatable bonds is 10. The van der Waals surface area contributed by atoms with Gasteiger partial charge in [-0.05, 0) is 21.9 Å². The molecule has 0 aliphatic rings. The predicted molar refractivity (Wildman–Crippen MR) is 119 cm³/mol. The summed E-state index contributed by atoms with van der Waals surface area (Å²) in [7, 11) is 0. The van der Waals surface area contributed by atoms with E-state index in [1.807, 2.05) is 42.5 Å². The maximum absolute atomic E-state index is 12.4. The fourth-order valence-corrected chi connectivity index (χ4v) is 3.15. The Morgan fingerprint density at radius 2 is 1.52 bits per heavy atom. The molecule has 0 aliphatic heterocycles. The van der Waals surface area contributed by atoms with E-state index in [1.165, 1.54) is 0 Å². The van der Waals surface area contributed by atoms with Crippen LogP contribution in [0.15, 0.2) is 72.8 Å². The van der Waals surface area contributed by atoms with Crippen LogP contribution in [-0.4, -0.2) is 41.6 Å². The van der Waals surface area contributed by atoms with Crippen LogP contribution in [0, 0.1) is 0 Å². The second-order valence-electron chi connectivity index (χ2n) is 7.34. The number of ether oxygens (including phenoxy) is 2. The van der Waals surface area contributed by atoms with Crippen LogP contribution in [-0.2, 0) is 36.9 Å². The standard InChI is InChI=1S/C25H23NO7/c27-22(16-32-24(30)13-18-10-11-19-8-4-5-9-20(19)12-18)21(14-23(28)29)26-25(31)33-15-17-6-2-1-3-7-17/h1-12,21H,13-16H2,(H,26,31)(H,28,29). The van der Waals surface area contributed by atoms with Gasteiger partial charge in [0.15, 0.2) is 12.4 Å². The lowest BCUT2D eigenvalue weighted by Gasteiger charge is -2.16. The van der Waals surface area contributed by atoms with Gasteiger partial charge >= 0.3 is 18.0 Å². The summed E-state index contributed by atoms with van der Waals surface area (Å²) in [4.78, 5) is 47.7. The number of Topliss-reactive ketones (excluding diaryl/α,β-unsaturated/α-hetero) is 1. The van der Waals surface area contributed by atoms with Crippen molar-refractivity contribution in [2.45, 2.75) is 25.5 Å². The van der Waals surface area contributed by atoms with Gasteiger partial charge in [0.05, 0.1) is 12.8 Å². The van der Waals surface area contributed by atoms with Crippen LogP contribution in [0.3, 0.4) is 0 Å². The number of hydrogen-bond acceptors (Lipinski definition) is 6. The molecule has 8 heteroatoms. The molecule has 0 heterocycles. The number of ketones is 1. The highest BCUT2D eigenvalue weighted by Crippen LogP contribution is 2.16. The molecule has 3 rings (SSSR count). The van der Waals surface area contributed by atoms with E-state index in [9.17, 15) is 19.2 Å². The van der Waals surface area contributed by atoms with Gasteiger partial charge < -0.3 is 19.9 Å². The molecule has 2 N–H and O–H groups in total. The van der Waals surface area contributed by atoms with Crippen molar-refractivity contribution in [3.8, 4) is 0 Å². The number of aliphatic carboxylic acids is 1. The number of carboxylic acids is 1. The highest BCUT2D eigenvalue weighted by atomic mass is 16.5. The predicted octanol–water partition coefficient (Wildman–Crippen LogP) is 3.26. The summed E-state index contributed by atoms with van der Waals surface area (Å²) >= 11 is 0. The molecule has 3 aromatic carbocycles. The molecule has 0 aromatic heterocycles. The van der Waals surface area contributed by atoms with Gasteiger partial charge in [-0.1, -0.05) is 72.8 Å². The van der Waals surface area contributed by atoms with Crippen molar-refractivity contribution in [1.82, 2.24) is 5.32 Å². The van der Waals surface area contributed by atoms with E-state index in [2.05, 4.69) is 5.32 Å². The Labute approximate surface area is 190 Å². The van der Waals surface area contributed by atoms with Crippen LogP contribution in [0.25, 0.3) is 10.8 Å². The van der Waals surface area contributed by atoms with Crippen LogP contribution in [0.5, 0.6) is 0 Å². The maximum atomic E-state index is 12.4. The minimum atomic E-state index is -1.39. The summed E-state index contributed by atoms with van der Waals surface area (Å²) in [5.74, 6) is -2.68. The van der Waals surface area contributed by atoms with Crippen LogP contribution >= 0.6 is 0 Å². The van der Waals surface area contributed by atoms with Crippen LogP contribution in [0.2, 0.25) is 0 Å². The van der Waals surface area contributed by atoms with E-state index in [1.54, 1.807) is 30.3 Å². The summed E-state index contributed by atoms with van der Waals surface area (Å²) in [6.07, 6.45) is -1.66. The Hall–Kier alpha value is -4.20. The average Bonchev–Trinajstić information content (AvgIpc) is 2.81. The lowest BCUT2D eigenvalue weighted by molar-refractivity contribution is -0.148. The Morgan fingerprint density at radius 1 is 0.818 bits per heavy atom. The van der Waals surface area contributed by atoms with E-state index >= 15 is 0 Å². The van der Waals surface area contributed by atoms with Gasteiger partial charge in [0.25, 0.3) is 0 Å². The van der Waals surface area contributed by atoms with Gasteiger partial charge in [0.2, 0.25) is 0 Å². The van der Waals surface area contributed by atoms with Crippen LogP contribution in [0.1, 0.15) is 17.5 Å². The number of carbonyl (C=O) groups is 4. The second-order valence-corrected chi connectivity index (χ2v) is 7.34. The van der Waals surface area contributed by atoms with Gasteiger partial charge in [-0.15, -0.1) is 0 Å². The minimum absolute atomic E-state index is 0.0403. The average molecular weight is 449 g/mol. The maximum Gasteiger partial charge on any atom is 0.408 e. The number of benzene rings is 3. The van der Waals surface area contributed by atoms with Gasteiger partial charge in [-0.2, -0.15) is 0 Å². The highest BCUT2D eigenvalue weighted by molar-refractivity contribution is 5.92. The molecular formula is C25H23NO7. The summed E-state index contributed by atoms with van der Waals surface area (Å²) < 4.78 is 10.0. The van der Waals surface area contributed by atoms with Crippen molar-refractivity contribution >= 4 is 34.6 Å². The van der Waals surface area contributed by atoms with E-state index in [-0.39, 0.29) is 13.0 Å². The lowest BCUT2D eigenvalue weighted by Crippen LogP contribution is -2.44. The first-order valence-corrected chi connectivity index (χ1v) is 10.3. The van der Waals surface area contributed by atoms with Crippen LogP contribution < -0.4 is 5.32 Å². The molecule has 0 aliphatic carbocycles. The topological polar surface area (TPSA) is 119 Å². The van der Waals surface area contributed by atoms with Crippen molar-refractivity contribution < 1.29 is 33.8 Å². The molecule has 1 amide bonds. The quantitative estimate of drug-likeness (QED) is 0.456. The SMILES string of the molecule is O=C(O)CC(NC(=O)OCc1ccccc1)C(=O)COC(=O)Cc1ccc2ccccc2c1. The first-order chi connectivity index (χ1) is 15.9. The number of hydrogen-bond donors (Lipinski definition) is 2. The minimum Gasteiger partial charge on any atom is -0.481 e. The number of nitrogens with one attached hydrogen (secondary N) is 1. The highest BCUT2D eigenvalue weighted by Gasteiger charge is 2.25. The zero-order chi connectivity index (χ0) is 23.6. The molecule has 170 valence electrons. The lowest BCUT2D eigenvalue weighted by atomic mass is 10.1. The molecule has 1 unspecified atom stereocenters. The van der Waals surface area contributed by atoms with Gasteiger partial charge in [0, 0.05) is 0 Å². The Kier molecular flexibility index (Phi) is 8.13. The first-order valence-electron chi connectivity index (χ1n) is 10.3. The monoisotopic (exact) mass is 449 g/mol. The summed E-state index contributed by atoms with van der Waals surface area (Å²) in [5, 5.41) is 13.3. The largest absolute Gasteiger partial charge is 0.481 e. The third-order valence-corrected chi connectivity index (χ3v) is 4.81. The Bertz CT molecular complexity index is 1140. The number of esters is 1. The summed E-state index contributed by atoms with van der Waals surface area (Å²) in [5.41, 5.74) is 1.45. The fourth-order valence-electron chi connectivity index (χ4n) is 3.15. The van der Waals surface area contributed by atoms with Crippen molar-refractivity contribution in [2.75, 3.05) is 6.61 Å². The molecule has 0 bridgehead atoms. The molecule has 8 nitrogen and oxygen atoms in total. The van der Waals surface area contributed by atoms with Crippen molar-refractivity contribution in [3.05, 3.63) is 83.9 Å². The zero-order valence-corrected chi connectivity index (χ0v) is 17.7. The fraction of sp³-hybridized carbons (Fsp3) is 0.200. The van der Waals surface area contributed by atoms with E-state index < -0.39 is 42.9 Å². The van der Waals surface area contributed by atoms with E-state index in [4.69, 9.17) is 14.6 Å². The molecule has 0 radical (unpaired) electrons. The zero-order valence-electron chi connectivity index (χ0n) is 17.7. The molecule has 33 heavy (non-hydrogen) atoms.